The second kappa shape index (κ2) is 8.52. The van der Waals surface area contributed by atoms with Gasteiger partial charge in [0.15, 0.2) is 0 Å². The third-order valence-corrected chi connectivity index (χ3v) is 3.51. The summed E-state index contributed by atoms with van der Waals surface area (Å²) in [7, 11) is 0. The first-order valence-corrected chi connectivity index (χ1v) is 8.26. The lowest BCUT2D eigenvalue weighted by atomic mass is 10.3. The van der Waals surface area contributed by atoms with E-state index in [0.717, 1.165) is 11.4 Å². The lowest BCUT2D eigenvalue weighted by molar-refractivity contribution is -0.114. The average molecular weight is 362 g/mol. The Morgan fingerprint density at radius 1 is 0.926 bits per heavy atom. The number of rotatable bonds is 6. The molecule has 136 valence electrons. The maximum atomic E-state index is 12.3. The standard InChI is InChI=1S/C19H18N6O2/c1-13(26)23-14-5-7-15(8-6-14)24-19-21-11-9-17(25-19)18(27)22-12-16-4-2-3-10-20-16/h2-11H,12H2,1H3,(H,22,27)(H,23,26)(H,21,24,25). The topological polar surface area (TPSA) is 109 Å². The fourth-order valence-corrected chi connectivity index (χ4v) is 2.28. The fourth-order valence-electron chi connectivity index (χ4n) is 2.28. The molecule has 0 radical (unpaired) electrons. The van der Waals surface area contributed by atoms with Gasteiger partial charge in [-0.15, -0.1) is 0 Å². The molecule has 8 nitrogen and oxygen atoms in total. The summed E-state index contributed by atoms with van der Waals surface area (Å²) in [5.74, 6) is -0.150. The molecule has 0 bridgehead atoms. The number of nitrogens with one attached hydrogen (secondary N) is 3. The fraction of sp³-hybridized carbons (Fsp3) is 0.105. The first-order valence-electron chi connectivity index (χ1n) is 8.26. The number of nitrogens with zero attached hydrogens (tertiary/aromatic N) is 3. The Kier molecular flexibility index (Phi) is 5.68. The van der Waals surface area contributed by atoms with E-state index in [0.29, 0.717) is 18.2 Å². The van der Waals surface area contributed by atoms with Crippen LogP contribution in [-0.2, 0) is 11.3 Å². The van der Waals surface area contributed by atoms with Gasteiger partial charge in [-0.05, 0) is 42.5 Å². The van der Waals surface area contributed by atoms with Crippen LogP contribution in [0.1, 0.15) is 23.1 Å². The van der Waals surface area contributed by atoms with Crippen LogP contribution >= 0.6 is 0 Å². The molecule has 0 unspecified atom stereocenters. The number of pyridine rings is 1. The van der Waals surface area contributed by atoms with Crippen molar-refractivity contribution < 1.29 is 9.59 Å². The molecule has 27 heavy (non-hydrogen) atoms. The van der Waals surface area contributed by atoms with Gasteiger partial charge in [0.05, 0.1) is 12.2 Å². The molecule has 0 aliphatic carbocycles. The van der Waals surface area contributed by atoms with Gasteiger partial charge in [-0.3, -0.25) is 14.6 Å². The van der Waals surface area contributed by atoms with E-state index in [9.17, 15) is 9.59 Å². The second-order valence-corrected chi connectivity index (χ2v) is 5.65. The van der Waals surface area contributed by atoms with Crippen molar-refractivity contribution >= 4 is 29.1 Å². The maximum absolute atomic E-state index is 12.3. The number of carbonyl (C=O) groups is 2. The molecule has 2 aromatic heterocycles. The number of benzene rings is 1. The van der Waals surface area contributed by atoms with Crippen molar-refractivity contribution in [1.29, 1.82) is 0 Å². The summed E-state index contributed by atoms with van der Waals surface area (Å²) in [4.78, 5) is 35.8. The molecule has 0 aliphatic heterocycles. The minimum atomic E-state index is -0.313. The predicted octanol–water partition coefficient (Wildman–Crippen LogP) is 2.50. The van der Waals surface area contributed by atoms with Crippen LogP contribution in [0.5, 0.6) is 0 Å². The van der Waals surface area contributed by atoms with Crippen LogP contribution in [0, 0.1) is 0 Å². The van der Waals surface area contributed by atoms with Crippen LogP contribution < -0.4 is 16.0 Å². The number of carbonyl (C=O) groups excluding carboxylic acids is 2. The highest BCUT2D eigenvalue weighted by Crippen LogP contribution is 2.16. The number of anilines is 3. The Labute approximate surface area is 156 Å². The van der Waals surface area contributed by atoms with Gasteiger partial charge >= 0.3 is 0 Å². The Balaban J connectivity index is 1.62. The van der Waals surface area contributed by atoms with Crippen molar-refractivity contribution in [3.8, 4) is 0 Å². The molecule has 0 saturated carbocycles. The Morgan fingerprint density at radius 3 is 2.41 bits per heavy atom. The second-order valence-electron chi connectivity index (χ2n) is 5.65. The largest absolute Gasteiger partial charge is 0.345 e. The molecule has 0 fully saturated rings. The van der Waals surface area contributed by atoms with Gasteiger partial charge in [-0.2, -0.15) is 0 Å². The lowest BCUT2D eigenvalue weighted by Crippen LogP contribution is -2.24. The van der Waals surface area contributed by atoms with Crippen LogP contribution in [0.15, 0.2) is 60.9 Å². The monoisotopic (exact) mass is 362 g/mol. The summed E-state index contributed by atoms with van der Waals surface area (Å²) in [5, 5.41) is 8.49. The Bertz CT molecular complexity index is 928. The van der Waals surface area contributed by atoms with Crippen LogP contribution in [0.2, 0.25) is 0 Å². The number of amides is 2. The highest BCUT2D eigenvalue weighted by atomic mass is 16.2. The van der Waals surface area contributed by atoms with Crippen molar-refractivity contribution in [3.63, 3.8) is 0 Å². The molecular formula is C19H18N6O2. The molecule has 0 atom stereocenters. The van der Waals surface area contributed by atoms with Crippen LogP contribution in [0.3, 0.4) is 0 Å². The molecule has 3 N–H and O–H groups in total. The zero-order chi connectivity index (χ0) is 19.1. The van der Waals surface area contributed by atoms with Gasteiger partial charge in [0.25, 0.3) is 5.91 Å². The molecule has 8 heteroatoms. The van der Waals surface area contributed by atoms with E-state index < -0.39 is 0 Å². The van der Waals surface area contributed by atoms with Gasteiger partial charge in [0.1, 0.15) is 5.69 Å². The summed E-state index contributed by atoms with van der Waals surface area (Å²) in [5.41, 5.74) is 2.43. The molecule has 0 saturated heterocycles. The number of hydrogen-bond donors (Lipinski definition) is 3. The summed E-state index contributed by atoms with van der Waals surface area (Å²) in [6.45, 7) is 1.77. The summed E-state index contributed by atoms with van der Waals surface area (Å²) in [6, 6.07) is 14.1. The minimum absolute atomic E-state index is 0.136. The molecular weight excluding hydrogens is 344 g/mol. The van der Waals surface area contributed by atoms with E-state index in [4.69, 9.17) is 0 Å². The summed E-state index contributed by atoms with van der Waals surface area (Å²) >= 11 is 0. The summed E-state index contributed by atoms with van der Waals surface area (Å²) in [6.07, 6.45) is 3.18. The van der Waals surface area contributed by atoms with Gasteiger partial charge in [-0.1, -0.05) is 6.07 Å². The molecule has 2 amide bonds. The molecule has 3 aromatic rings. The van der Waals surface area contributed by atoms with Crippen molar-refractivity contribution in [1.82, 2.24) is 20.3 Å². The lowest BCUT2D eigenvalue weighted by Gasteiger charge is -2.08. The van der Waals surface area contributed by atoms with E-state index in [1.165, 1.54) is 13.1 Å². The highest BCUT2D eigenvalue weighted by molar-refractivity contribution is 5.92. The van der Waals surface area contributed by atoms with Crippen molar-refractivity contribution in [2.75, 3.05) is 10.6 Å². The van der Waals surface area contributed by atoms with E-state index >= 15 is 0 Å². The number of aromatic nitrogens is 3. The quantitative estimate of drug-likeness (QED) is 0.622. The molecule has 3 rings (SSSR count). The van der Waals surface area contributed by atoms with Crippen LogP contribution in [0.4, 0.5) is 17.3 Å². The zero-order valence-corrected chi connectivity index (χ0v) is 14.6. The predicted molar refractivity (Wildman–Crippen MR) is 101 cm³/mol. The molecule has 2 heterocycles. The third kappa shape index (κ3) is 5.33. The molecule has 1 aromatic carbocycles. The first kappa shape index (κ1) is 18.0. The van der Waals surface area contributed by atoms with Gasteiger partial charge in [0.2, 0.25) is 11.9 Å². The van der Waals surface area contributed by atoms with Crippen molar-refractivity contribution in [2.24, 2.45) is 0 Å². The Hall–Kier alpha value is -3.81. The Morgan fingerprint density at radius 2 is 1.70 bits per heavy atom. The van der Waals surface area contributed by atoms with E-state index in [-0.39, 0.29) is 17.5 Å². The SMILES string of the molecule is CC(=O)Nc1ccc(Nc2nccc(C(=O)NCc3ccccn3)n2)cc1. The zero-order valence-electron chi connectivity index (χ0n) is 14.6. The normalized spacial score (nSPS) is 10.1. The van der Waals surface area contributed by atoms with E-state index in [1.54, 1.807) is 36.5 Å². The molecule has 0 spiro atoms. The molecule has 0 aliphatic rings. The van der Waals surface area contributed by atoms with Crippen molar-refractivity contribution in [3.05, 3.63) is 72.3 Å². The van der Waals surface area contributed by atoms with Gasteiger partial charge in [0, 0.05) is 30.7 Å². The minimum Gasteiger partial charge on any atom is -0.345 e. The van der Waals surface area contributed by atoms with Gasteiger partial charge in [-0.25, -0.2) is 9.97 Å². The first-order chi connectivity index (χ1) is 13.1. The van der Waals surface area contributed by atoms with E-state index in [1.807, 2.05) is 18.2 Å². The van der Waals surface area contributed by atoms with Gasteiger partial charge < -0.3 is 16.0 Å². The van der Waals surface area contributed by atoms with Crippen LogP contribution in [-0.4, -0.2) is 26.8 Å². The van der Waals surface area contributed by atoms with E-state index in [2.05, 4.69) is 30.9 Å². The average Bonchev–Trinajstić information content (AvgIpc) is 2.68. The van der Waals surface area contributed by atoms with Crippen molar-refractivity contribution in [2.45, 2.75) is 13.5 Å². The maximum Gasteiger partial charge on any atom is 0.270 e. The van der Waals surface area contributed by atoms with Crippen LogP contribution in [0.25, 0.3) is 0 Å². The number of hydrogen-bond acceptors (Lipinski definition) is 6. The smallest absolute Gasteiger partial charge is 0.270 e. The highest BCUT2D eigenvalue weighted by Gasteiger charge is 2.09. The summed E-state index contributed by atoms with van der Waals surface area (Å²) < 4.78 is 0. The third-order valence-electron chi connectivity index (χ3n) is 3.51.